The van der Waals surface area contributed by atoms with Crippen LogP contribution in [0.25, 0.3) is 11.6 Å². The summed E-state index contributed by atoms with van der Waals surface area (Å²) >= 11 is -0.556. The van der Waals surface area contributed by atoms with E-state index in [2.05, 4.69) is 66.8 Å². The van der Waals surface area contributed by atoms with Gasteiger partial charge in [0.2, 0.25) is 0 Å². The molecule has 2 aromatic carbocycles. The Kier molecular flexibility index (Phi) is 6.19. The fourth-order valence-corrected chi connectivity index (χ4v) is 3.26. The molecule has 0 fully saturated rings. The van der Waals surface area contributed by atoms with Gasteiger partial charge in [-0.15, -0.1) is 29.7 Å². The predicted octanol–water partition coefficient (Wildman–Crippen LogP) is 6.20. The number of hydrogen-bond acceptors (Lipinski definition) is 0. The molecule has 0 nitrogen and oxygen atoms in total. The Morgan fingerprint density at radius 2 is 1.78 bits per heavy atom. The number of rotatable bonds is 3. The van der Waals surface area contributed by atoms with Gasteiger partial charge in [-0.1, -0.05) is 55.2 Å². The summed E-state index contributed by atoms with van der Waals surface area (Å²) in [5.41, 5.74) is 6.99. The SMILES string of the molecule is [C-]1=Cc2ccccc2C1CCC1=[C-]Cc2ccccc21.[Cl][Ti][Cl]. The number of allylic oxidation sites excluding steroid dienone is 3. The molecule has 116 valence electrons. The quantitative estimate of drug-likeness (QED) is 0.443. The molecular formula is C20H16Cl2Ti-2. The van der Waals surface area contributed by atoms with Crippen molar-refractivity contribution >= 4 is 30.3 Å². The van der Waals surface area contributed by atoms with E-state index in [0.29, 0.717) is 5.92 Å². The minimum absolute atomic E-state index is 0.452. The molecule has 0 aliphatic heterocycles. The molecular weight excluding hydrogens is 359 g/mol. The van der Waals surface area contributed by atoms with Crippen LogP contribution in [-0.4, -0.2) is 0 Å². The standard InChI is InChI=1S/C20H16.2ClH.Ti/c1-3-7-19-15(5-1)9-11-17(19)13-14-18-12-10-16-6-2-4-8-20(16)18;;;/h1-9,17H,10,13-14H2;2*1H;/q-2;;;+2/p-2. The van der Waals surface area contributed by atoms with Crippen molar-refractivity contribution in [3.63, 3.8) is 0 Å². The molecule has 4 rings (SSSR count). The Morgan fingerprint density at radius 1 is 1.04 bits per heavy atom. The van der Waals surface area contributed by atoms with E-state index in [1.165, 1.54) is 27.8 Å². The maximum absolute atomic E-state index is 4.89. The molecule has 3 heteroatoms. The zero-order chi connectivity index (χ0) is 16.1. The second-order valence-corrected chi connectivity index (χ2v) is 8.17. The summed E-state index contributed by atoms with van der Waals surface area (Å²) in [6.07, 6.45) is 12.4. The Hall–Kier alpha value is -0.786. The van der Waals surface area contributed by atoms with Gasteiger partial charge in [0.1, 0.15) is 0 Å². The van der Waals surface area contributed by atoms with E-state index >= 15 is 0 Å². The number of benzene rings is 2. The van der Waals surface area contributed by atoms with E-state index < -0.39 is 17.0 Å². The van der Waals surface area contributed by atoms with Crippen molar-refractivity contribution in [2.75, 3.05) is 0 Å². The molecule has 0 N–H and O–H groups in total. The maximum atomic E-state index is 4.89. The molecule has 1 atom stereocenters. The van der Waals surface area contributed by atoms with Crippen molar-refractivity contribution in [2.24, 2.45) is 0 Å². The summed E-state index contributed by atoms with van der Waals surface area (Å²) in [6.45, 7) is 0. The van der Waals surface area contributed by atoms with Crippen molar-refractivity contribution in [3.05, 3.63) is 82.9 Å². The van der Waals surface area contributed by atoms with E-state index in [9.17, 15) is 0 Å². The van der Waals surface area contributed by atoms with Gasteiger partial charge < -0.3 is 0 Å². The molecule has 2 aliphatic carbocycles. The van der Waals surface area contributed by atoms with Crippen LogP contribution in [0.1, 0.15) is 41.0 Å². The first kappa shape index (κ1) is 17.1. The first-order valence-corrected chi connectivity index (χ1v) is 12.0. The third-order valence-corrected chi connectivity index (χ3v) is 4.33. The fourth-order valence-electron chi connectivity index (χ4n) is 3.26. The molecule has 23 heavy (non-hydrogen) atoms. The Balaban J connectivity index is 0.000000485. The van der Waals surface area contributed by atoms with Crippen LogP contribution in [0.2, 0.25) is 0 Å². The van der Waals surface area contributed by atoms with E-state index in [4.69, 9.17) is 18.6 Å². The van der Waals surface area contributed by atoms with Crippen molar-refractivity contribution in [2.45, 2.75) is 25.2 Å². The van der Waals surface area contributed by atoms with Crippen LogP contribution in [0, 0.1) is 12.2 Å². The van der Waals surface area contributed by atoms with Crippen molar-refractivity contribution < 1.29 is 17.0 Å². The zero-order valence-corrected chi connectivity index (χ0v) is 15.7. The first-order chi connectivity index (χ1) is 11.3. The summed E-state index contributed by atoms with van der Waals surface area (Å²) in [5, 5.41) is 0. The summed E-state index contributed by atoms with van der Waals surface area (Å²) in [4.78, 5) is 0. The third kappa shape index (κ3) is 4.01. The average Bonchev–Trinajstić information content (AvgIpc) is 3.18. The molecule has 0 radical (unpaired) electrons. The van der Waals surface area contributed by atoms with Crippen LogP contribution in [0.4, 0.5) is 0 Å². The first-order valence-electron chi connectivity index (χ1n) is 7.66. The number of fused-ring (bicyclic) bond motifs is 2. The van der Waals surface area contributed by atoms with Gasteiger partial charge in [-0.05, 0) is 0 Å². The van der Waals surface area contributed by atoms with Crippen molar-refractivity contribution in [1.29, 1.82) is 0 Å². The number of halogens is 2. The Morgan fingerprint density at radius 3 is 2.65 bits per heavy atom. The average molecular weight is 375 g/mol. The normalized spacial score (nSPS) is 17.0. The summed E-state index contributed by atoms with van der Waals surface area (Å²) < 4.78 is 0. The number of hydrogen-bond donors (Lipinski definition) is 0. The Labute approximate surface area is 154 Å². The summed E-state index contributed by atoms with van der Waals surface area (Å²) in [6, 6.07) is 17.3. The van der Waals surface area contributed by atoms with Gasteiger partial charge >= 0.3 is 35.6 Å². The second kappa shape index (κ2) is 8.35. The molecule has 0 amide bonds. The summed E-state index contributed by atoms with van der Waals surface area (Å²) in [7, 11) is 9.78. The monoisotopic (exact) mass is 374 g/mol. The molecule has 0 saturated heterocycles. The molecule has 2 aliphatic rings. The van der Waals surface area contributed by atoms with E-state index in [1.807, 2.05) is 0 Å². The van der Waals surface area contributed by atoms with Crippen LogP contribution >= 0.6 is 18.6 Å². The van der Waals surface area contributed by atoms with Gasteiger partial charge in [0, 0.05) is 0 Å². The Bertz CT molecular complexity index is 734. The van der Waals surface area contributed by atoms with Gasteiger partial charge in [0.15, 0.2) is 0 Å². The molecule has 0 bridgehead atoms. The van der Waals surface area contributed by atoms with E-state index in [0.717, 1.165) is 19.3 Å². The van der Waals surface area contributed by atoms with Crippen LogP contribution in [-0.2, 0) is 23.5 Å². The molecule has 0 aromatic heterocycles. The molecule has 0 heterocycles. The van der Waals surface area contributed by atoms with Gasteiger partial charge in [-0.3, -0.25) is 12.2 Å². The van der Waals surface area contributed by atoms with E-state index in [-0.39, 0.29) is 0 Å². The zero-order valence-electron chi connectivity index (χ0n) is 12.7. The van der Waals surface area contributed by atoms with Gasteiger partial charge in [0.05, 0.1) is 0 Å². The van der Waals surface area contributed by atoms with Crippen LogP contribution < -0.4 is 0 Å². The van der Waals surface area contributed by atoms with Gasteiger partial charge in [-0.25, -0.2) is 11.6 Å². The van der Waals surface area contributed by atoms with Crippen molar-refractivity contribution in [1.82, 2.24) is 0 Å². The topological polar surface area (TPSA) is 0 Å². The van der Waals surface area contributed by atoms with Gasteiger partial charge in [-0.2, -0.15) is 11.1 Å². The third-order valence-electron chi connectivity index (χ3n) is 4.33. The van der Waals surface area contributed by atoms with Crippen LogP contribution in [0.5, 0.6) is 0 Å². The fraction of sp³-hybridized carbons (Fsp3) is 0.200. The van der Waals surface area contributed by atoms with E-state index in [1.54, 1.807) is 0 Å². The second-order valence-electron chi connectivity index (χ2n) is 5.59. The predicted molar refractivity (Wildman–Crippen MR) is 94.6 cm³/mol. The minimum atomic E-state index is -0.556. The van der Waals surface area contributed by atoms with Crippen molar-refractivity contribution in [3.8, 4) is 0 Å². The van der Waals surface area contributed by atoms with Crippen LogP contribution in [0.15, 0.2) is 48.5 Å². The van der Waals surface area contributed by atoms with Crippen LogP contribution in [0.3, 0.4) is 0 Å². The molecule has 0 spiro atoms. The molecule has 2 aromatic rings. The summed E-state index contributed by atoms with van der Waals surface area (Å²) in [5.74, 6) is 0.452. The molecule has 0 saturated carbocycles. The molecule has 1 unspecified atom stereocenters. The van der Waals surface area contributed by atoms with Gasteiger partial charge in [0.25, 0.3) is 0 Å².